The Balaban J connectivity index is 1.41. The third-order valence-corrected chi connectivity index (χ3v) is 7.68. The van der Waals surface area contributed by atoms with Crippen LogP contribution >= 0.6 is 0 Å². The van der Waals surface area contributed by atoms with E-state index in [9.17, 15) is 9.59 Å². The summed E-state index contributed by atoms with van der Waals surface area (Å²) >= 11 is 0. The molecule has 2 aromatic heterocycles. The molecular weight excluding hydrogens is 574 g/mol. The van der Waals surface area contributed by atoms with Gasteiger partial charge in [-0.25, -0.2) is 0 Å². The molecule has 10 nitrogen and oxygen atoms in total. The summed E-state index contributed by atoms with van der Waals surface area (Å²) in [6.45, 7) is 1.73. The maximum absolute atomic E-state index is 14.0. The van der Waals surface area contributed by atoms with E-state index in [1.54, 1.807) is 30.7 Å². The molecule has 0 aliphatic rings. The molecule has 0 bridgehead atoms. The summed E-state index contributed by atoms with van der Waals surface area (Å²) in [6.07, 6.45) is 0.0584. The number of benzene rings is 4. The molecule has 1 amide bonds. The Bertz CT molecular complexity index is 2090. The van der Waals surface area contributed by atoms with Crippen molar-refractivity contribution in [3.8, 4) is 39.8 Å². The molecule has 0 aliphatic heterocycles. The lowest BCUT2D eigenvalue weighted by Crippen LogP contribution is -2.20. The molecule has 0 fully saturated rings. The van der Waals surface area contributed by atoms with Gasteiger partial charge in [-0.05, 0) is 53.9 Å². The van der Waals surface area contributed by atoms with Crippen LogP contribution in [-0.4, -0.2) is 44.1 Å². The first kappa shape index (κ1) is 29.3. The quantitative estimate of drug-likeness (QED) is 0.204. The zero-order chi connectivity index (χ0) is 31.7. The van der Waals surface area contributed by atoms with E-state index in [-0.39, 0.29) is 17.9 Å². The second-order valence-electron chi connectivity index (χ2n) is 10.3. The highest BCUT2D eigenvalue weighted by molar-refractivity contribution is 6.11. The Morgan fingerprint density at radius 2 is 1.56 bits per heavy atom. The molecule has 4 aromatic carbocycles. The van der Waals surface area contributed by atoms with E-state index >= 15 is 0 Å². The minimum atomic E-state index is -0.262. The molecular formula is C35H31N3O7. The number of amides is 1. The number of carbonyl (C=O) groups excluding carboxylic acids is 1. The molecule has 0 atom stereocenters. The summed E-state index contributed by atoms with van der Waals surface area (Å²) in [5.41, 5.74) is 4.54. The number of rotatable bonds is 9. The predicted molar refractivity (Wildman–Crippen MR) is 172 cm³/mol. The van der Waals surface area contributed by atoms with Gasteiger partial charge >= 0.3 is 0 Å². The van der Waals surface area contributed by atoms with Crippen LogP contribution in [0.1, 0.15) is 11.3 Å². The molecule has 0 aliphatic carbocycles. The zero-order valence-electron chi connectivity index (χ0n) is 25.5. The Hall–Kier alpha value is -5.77. The standard InChI is InChI=1S/C35H31N3O7/c1-20-31-33(37-45-20)32-26(22-12-14-25(41-2)15-13-22)10-7-11-27(32)38(35(31)40)24-9-6-8-21(16-24)17-30(39)36-23-18-28(42-3)34(44-5)29(19-23)43-4/h6-16,18-19H,17H2,1-5H3,(H,36,39). The van der Waals surface area contributed by atoms with Gasteiger partial charge in [0.05, 0.1) is 40.4 Å². The van der Waals surface area contributed by atoms with Gasteiger partial charge in [0.1, 0.15) is 22.4 Å². The lowest BCUT2D eigenvalue weighted by Gasteiger charge is -2.16. The largest absolute Gasteiger partial charge is 0.497 e. The second kappa shape index (κ2) is 12.1. The molecule has 6 rings (SSSR count). The predicted octanol–water partition coefficient (Wildman–Crippen LogP) is 6.32. The summed E-state index contributed by atoms with van der Waals surface area (Å²) in [5, 5.41) is 8.38. The summed E-state index contributed by atoms with van der Waals surface area (Å²) in [5.74, 6) is 2.19. The fourth-order valence-electron chi connectivity index (χ4n) is 5.61. The highest BCUT2D eigenvalue weighted by Gasteiger charge is 2.21. The van der Waals surface area contributed by atoms with Gasteiger partial charge in [0.25, 0.3) is 5.56 Å². The van der Waals surface area contributed by atoms with Gasteiger partial charge in [0.15, 0.2) is 11.5 Å². The Kier molecular flexibility index (Phi) is 7.87. The van der Waals surface area contributed by atoms with Crippen molar-refractivity contribution in [1.82, 2.24) is 9.72 Å². The molecule has 1 N–H and O–H groups in total. The number of pyridine rings is 1. The normalized spacial score (nSPS) is 11.0. The highest BCUT2D eigenvalue weighted by Crippen LogP contribution is 2.40. The van der Waals surface area contributed by atoms with Crippen molar-refractivity contribution in [2.24, 2.45) is 0 Å². The van der Waals surface area contributed by atoms with Crippen molar-refractivity contribution in [2.75, 3.05) is 33.8 Å². The number of carbonyl (C=O) groups is 1. The molecule has 45 heavy (non-hydrogen) atoms. The van der Waals surface area contributed by atoms with Gasteiger partial charge in [-0.1, -0.05) is 41.6 Å². The number of hydrogen-bond donors (Lipinski definition) is 1. The Morgan fingerprint density at radius 1 is 0.844 bits per heavy atom. The van der Waals surface area contributed by atoms with E-state index in [0.29, 0.717) is 56.4 Å². The van der Waals surface area contributed by atoms with E-state index in [2.05, 4.69) is 10.5 Å². The van der Waals surface area contributed by atoms with Crippen LogP contribution < -0.4 is 29.8 Å². The van der Waals surface area contributed by atoms with Crippen LogP contribution in [0, 0.1) is 6.92 Å². The fraction of sp³-hybridized carbons (Fsp3) is 0.171. The first-order chi connectivity index (χ1) is 21.9. The lowest BCUT2D eigenvalue weighted by molar-refractivity contribution is -0.115. The van der Waals surface area contributed by atoms with Gasteiger partial charge in [0.2, 0.25) is 11.7 Å². The first-order valence-corrected chi connectivity index (χ1v) is 14.1. The average Bonchev–Trinajstić information content (AvgIpc) is 3.45. The molecule has 228 valence electrons. The second-order valence-corrected chi connectivity index (χ2v) is 10.3. The van der Waals surface area contributed by atoms with Crippen molar-refractivity contribution in [3.05, 3.63) is 101 Å². The van der Waals surface area contributed by atoms with Crippen LogP contribution in [0.5, 0.6) is 23.0 Å². The van der Waals surface area contributed by atoms with Gasteiger partial charge in [-0.15, -0.1) is 0 Å². The summed E-state index contributed by atoms with van der Waals surface area (Å²) in [7, 11) is 6.16. The minimum absolute atomic E-state index is 0.0584. The van der Waals surface area contributed by atoms with Gasteiger partial charge in [0, 0.05) is 28.9 Å². The summed E-state index contributed by atoms with van der Waals surface area (Å²) < 4.78 is 28.7. The number of ether oxygens (including phenoxy) is 4. The van der Waals surface area contributed by atoms with E-state index in [4.69, 9.17) is 23.5 Å². The van der Waals surface area contributed by atoms with Crippen molar-refractivity contribution < 1.29 is 28.3 Å². The highest BCUT2D eigenvalue weighted by atomic mass is 16.5. The molecule has 0 unspecified atom stereocenters. The van der Waals surface area contributed by atoms with Gasteiger partial charge < -0.3 is 28.8 Å². The van der Waals surface area contributed by atoms with E-state index in [1.165, 1.54) is 21.3 Å². The number of aromatic nitrogens is 2. The summed E-state index contributed by atoms with van der Waals surface area (Å²) in [6, 6.07) is 24.2. The number of nitrogens with zero attached hydrogens (tertiary/aromatic N) is 2. The molecule has 0 spiro atoms. The van der Waals surface area contributed by atoms with Crippen LogP contribution in [0.4, 0.5) is 5.69 Å². The topological polar surface area (TPSA) is 114 Å². The number of hydrogen-bond acceptors (Lipinski definition) is 8. The molecule has 0 saturated carbocycles. The van der Waals surface area contributed by atoms with Gasteiger partial charge in [-0.3, -0.25) is 14.2 Å². The van der Waals surface area contributed by atoms with Crippen LogP contribution in [0.2, 0.25) is 0 Å². The third kappa shape index (κ3) is 5.31. The van der Waals surface area contributed by atoms with Crippen LogP contribution in [0.25, 0.3) is 38.6 Å². The van der Waals surface area contributed by atoms with Crippen molar-refractivity contribution in [1.29, 1.82) is 0 Å². The van der Waals surface area contributed by atoms with E-state index in [0.717, 1.165) is 22.3 Å². The Labute approximate surface area is 258 Å². The molecule has 2 heterocycles. The maximum Gasteiger partial charge on any atom is 0.268 e. The van der Waals surface area contributed by atoms with Crippen LogP contribution in [0.3, 0.4) is 0 Å². The van der Waals surface area contributed by atoms with Crippen molar-refractivity contribution in [3.63, 3.8) is 0 Å². The monoisotopic (exact) mass is 605 g/mol. The Morgan fingerprint density at radius 3 is 2.22 bits per heavy atom. The maximum atomic E-state index is 14.0. The SMILES string of the molecule is COc1ccc(-c2cccc3c2c2noc(C)c2c(=O)n3-c2cccc(CC(=O)Nc3cc(OC)c(OC)c(OC)c3)c2)cc1. The van der Waals surface area contributed by atoms with Crippen LogP contribution in [-0.2, 0) is 11.2 Å². The number of aryl methyl sites for hydroxylation is 1. The lowest BCUT2D eigenvalue weighted by atomic mass is 9.98. The number of anilines is 1. The smallest absolute Gasteiger partial charge is 0.268 e. The van der Waals surface area contributed by atoms with E-state index < -0.39 is 0 Å². The molecule has 0 saturated heterocycles. The molecule has 0 radical (unpaired) electrons. The third-order valence-electron chi connectivity index (χ3n) is 7.68. The molecule has 10 heteroatoms. The number of nitrogens with one attached hydrogen (secondary N) is 1. The number of fused-ring (bicyclic) bond motifs is 3. The molecule has 6 aromatic rings. The summed E-state index contributed by atoms with van der Waals surface area (Å²) in [4.78, 5) is 27.2. The average molecular weight is 606 g/mol. The number of methoxy groups -OCH3 is 4. The zero-order valence-corrected chi connectivity index (χ0v) is 25.5. The van der Waals surface area contributed by atoms with Crippen LogP contribution in [0.15, 0.2) is 88.2 Å². The minimum Gasteiger partial charge on any atom is -0.497 e. The fourth-order valence-corrected chi connectivity index (χ4v) is 5.61. The first-order valence-electron chi connectivity index (χ1n) is 14.1. The van der Waals surface area contributed by atoms with Gasteiger partial charge in [-0.2, -0.15) is 0 Å². The van der Waals surface area contributed by atoms with E-state index in [1.807, 2.05) is 66.7 Å². The van der Waals surface area contributed by atoms with Crippen molar-refractivity contribution >= 4 is 33.4 Å². The van der Waals surface area contributed by atoms with Crippen molar-refractivity contribution in [2.45, 2.75) is 13.3 Å².